The van der Waals surface area contributed by atoms with Crippen LogP contribution in [-0.4, -0.2) is 29.5 Å². The van der Waals surface area contributed by atoms with Gasteiger partial charge in [0.05, 0.1) is 17.8 Å². The van der Waals surface area contributed by atoms with Crippen LogP contribution in [0.15, 0.2) is 30.3 Å². The first kappa shape index (κ1) is 16.2. The van der Waals surface area contributed by atoms with Crippen molar-refractivity contribution >= 4 is 17.6 Å². The summed E-state index contributed by atoms with van der Waals surface area (Å²) in [6.07, 6.45) is -4.66. The average Bonchev–Trinajstić information content (AvgIpc) is 2.89. The van der Waals surface area contributed by atoms with Crippen molar-refractivity contribution in [2.75, 3.05) is 13.7 Å². The number of halogens is 4. The third-order valence-corrected chi connectivity index (χ3v) is 2.93. The number of methoxy groups -OCH3 is 1. The lowest BCUT2D eigenvalue weighted by Crippen LogP contribution is -2.14. The zero-order valence-electron chi connectivity index (χ0n) is 11.2. The van der Waals surface area contributed by atoms with Crippen LogP contribution < -0.4 is 4.74 Å². The van der Waals surface area contributed by atoms with E-state index in [1.807, 2.05) is 0 Å². The molecule has 0 aliphatic heterocycles. The third-order valence-electron chi connectivity index (χ3n) is 2.61. The SMILES string of the molecule is COC(=O)COc1cc(C(F)(F)F)nn1-c1ccccc1Cl. The number of para-hydroxylation sites is 1. The normalized spacial score (nSPS) is 11.3. The van der Waals surface area contributed by atoms with Crippen molar-refractivity contribution in [3.05, 3.63) is 41.0 Å². The summed E-state index contributed by atoms with van der Waals surface area (Å²) in [5.74, 6) is -1.01. The lowest BCUT2D eigenvalue weighted by Gasteiger charge is -2.09. The first-order valence-corrected chi connectivity index (χ1v) is 6.32. The lowest BCUT2D eigenvalue weighted by molar-refractivity contribution is -0.143. The quantitative estimate of drug-likeness (QED) is 0.806. The second-order valence-electron chi connectivity index (χ2n) is 4.09. The molecule has 1 heterocycles. The van der Waals surface area contributed by atoms with E-state index < -0.39 is 24.4 Å². The van der Waals surface area contributed by atoms with Gasteiger partial charge < -0.3 is 9.47 Å². The highest BCUT2D eigenvalue weighted by atomic mass is 35.5. The standard InChI is InChI=1S/C13H10ClF3N2O3/c1-21-12(20)7-22-11-6-10(13(15,16)17)18-19(11)9-5-3-2-4-8(9)14/h2-6H,7H2,1H3. The largest absolute Gasteiger partial charge is 0.466 e. The second-order valence-corrected chi connectivity index (χ2v) is 4.50. The molecule has 5 nitrogen and oxygen atoms in total. The van der Waals surface area contributed by atoms with Crippen molar-refractivity contribution in [3.63, 3.8) is 0 Å². The van der Waals surface area contributed by atoms with Gasteiger partial charge in [-0.3, -0.25) is 0 Å². The number of alkyl halides is 3. The van der Waals surface area contributed by atoms with E-state index in [1.54, 1.807) is 12.1 Å². The topological polar surface area (TPSA) is 53.4 Å². The molecule has 0 spiro atoms. The average molecular weight is 335 g/mol. The highest BCUT2D eigenvalue weighted by Crippen LogP contribution is 2.33. The van der Waals surface area contributed by atoms with Crippen LogP contribution in [0.5, 0.6) is 5.88 Å². The summed E-state index contributed by atoms with van der Waals surface area (Å²) in [5.41, 5.74) is -0.966. The number of carbonyl (C=O) groups excluding carboxylic acids is 1. The van der Waals surface area contributed by atoms with Crippen molar-refractivity contribution in [3.8, 4) is 11.6 Å². The molecule has 0 fully saturated rings. The Bertz CT molecular complexity index is 685. The summed E-state index contributed by atoms with van der Waals surface area (Å²) in [4.78, 5) is 11.1. The maximum absolute atomic E-state index is 12.8. The zero-order valence-corrected chi connectivity index (χ0v) is 12.0. The summed E-state index contributed by atoms with van der Waals surface area (Å²) in [7, 11) is 1.14. The maximum atomic E-state index is 12.8. The number of benzene rings is 1. The molecular formula is C13H10ClF3N2O3. The molecular weight excluding hydrogens is 325 g/mol. The fourth-order valence-corrected chi connectivity index (χ4v) is 1.81. The summed E-state index contributed by atoms with van der Waals surface area (Å²) in [6.45, 7) is -0.552. The van der Waals surface area contributed by atoms with Crippen molar-refractivity contribution in [2.24, 2.45) is 0 Å². The van der Waals surface area contributed by atoms with Crippen molar-refractivity contribution < 1.29 is 27.4 Å². The van der Waals surface area contributed by atoms with E-state index in [0.717, 1.165) is 11.8 Å². The second kappa shape index (κ2) is 6.27. The smallest absolute Gasteiger partial charge is 0.435 e. The molecule has 2 rings (SSSR count). The van der Waals surface area contributed by atoms with E-state index in [-0.39, 0.29) is 16.6 Å². The Morgan fingerprint density at radius 3 is 2.64 bits per heavy atom. The first-order valence-electron chi connectivity index (χ1n) is 5.94. The van der Waals surface area contributed by atoms with Gasteiger partial charge in [-0.25, -0.2) is 4.79 Å². The summed E-state index contributed by atoms with van der Waals surface area (Å²) < 4.78 is 48.7. The molecule has 0 radical (unpaired) electrons. The van der Waals surface area contributed by atoms with Crippen LogP contribution in [0, 0.1) is 0 Å². The van der Waals surface area contributed by atoms with Gasteiger partial charge >= 0.3 is 12.1 Å². The molecule has 0 saturated carbocycles. The molecule has 118 valence electrons. The molecule has 9 heteroatoms. The van der Waals surface area contributed by atoms with E-state index in [1.165, 1.54) is 12.1 Å². The van der Waals surface area contributed by atoms with Crippen LogP contribution in [0.4, 0.5) is 13.2 Å². The monoisotopic (exact) mass is 334 g/mol. The van der Waals surface area contributed by atoms with Crippen LogP contribution in [-0.2, 0) is 15.7 Å². The van der Waals surface area contributed by atoms with Crippen molar-refractivity contribution in [2.45, 2.75) is 6.18 Å². The Hall–Kier alpha value is -2.22. The van der Waals surface area contributed by atoms with Crippen molar-refractivity contribution in [1.82, 2.24) is 9.78 Å². The minimum atomic E-state index is -4.66. The number of hydrogen-bond donors (Lipinski definition) is 0. The number of carbonyl (C=O) groups is 1. The van der Waals surface area contributed by atoms with Gasteiger partial charge in [-0.15, -0.1) is 0 Å². The number of aromatic nitrogens is 2. The van der Waals surface area contributed by atoms with Gasteiger partial charge in [0, 0.05) is 6.07 Å². The molecule has 1 aromatic heterocycles. The molecule has 0 amide bonds. The molecule has 1 aromatic carbocycles. The number of hydrogen-bond acceptors (Lipinski definition) is 4. The number of rotatable bonds is 4. The Labute approximate surface area is 128 Å². The predicted octanol–water partition coefficient (Wildman–Crippen LogP) is 3.10. The summed E-state index contributed by atoms with van der Waals surface area (Å²) >= 11 is 5.95. The van der Waals surface area contributed by atoms with Gasteiger partial charge in [-0.1, -0.05) is 23.7 Å². The fraction of sp³-hybridized carbons (Fsp3) is 0.231. The highest BCUT2D eigenvalue weighted by Gasteiger charge is 2.35. The van der Waals surface area contributed by atoms with E-state index in [0.29, 0.717) is 6.07 Å². The Balaban J connectivity index is 2.44. The molecule has 0 aliphatic carbocycles. The molecule has 0 N–H and O–H groups in total. The molecule has 22 heavy (non-hydrogen) atoms. The maximum Gasteiger partial charge on any atom is 0.435 e. The molecule has 0 bridgehead atoms. The van der Waals surface area contributed by atoms with E-state index in [4.69, 9.17) is 16.3 Å². The van der Waals surface area contributed by atoms with Crippen LogP contribution in [0.1, 0.15) is 5.69 Å². The van der Waals surface area contributed by atoms with Gasteiger partial charge in [-0.05, 0) is 12.1 Å². The fourth-order valence-electron chi connectivity index (χ4n) is 1.59. The van der Waals surface area contributed by atoms with E-state index in [9.17, 15) is 18.0 Å². The van der Waals surface area contributed by atoms with Gasteiger partial charge in [-0.2, -0.15) is 23.0 Å². The molecule has 0 unspecified atom stereocenters. The Morgan fingerprint density at radius 1 is 1.36 bits per heavy atom. The van der Waals surface area contributed by atoms with Gasteiger partial charge in [0.25, 0.3) is 0 Å². The summed E-state index contributed by atoms with van der Waals surface area (Å²) in [6, 6.07) is 6.86. The lowest BCUT2D eigenvalue weighted by atomic mass is 10.3. The molecule has 0 aliphatic rings. The number of ether oxygens (including phenoxy) is 2. The van der Waals surface area contributed by atoms with E-state index >= 15 is 0 Å². The molecule has 0 atom stereocenters. The third kappa shape index (κ3) is 3.51. The molecule has 0 saturated heterocycles. The zero-order chi connectivity index (χ0) is 16.3. The minimum Gasteiger partial charge on any atom is -0.466 e. The summed E-state index contributed by atoms with van der Waals surface area (Å²) in [5, 5.41) is 3.63. The van der Waals surface area contributed by atoms with Gasteiger partial charge in [0.15, 0.2) is 12.3 Å². The molecule has 2 aromatic rings. The Kier molecular flexibility index (Phi) is 4.60. The highest BCUT2D eigenvalue weighted by molar-refractivity contribution is 6.32. The first-order chi connectivity index (χ1) is 10.3. The number of esters is 1. The number of nitrogens with zero attached hydrogens (tertiary/aromatic N) is 2. The van der Waals surface area contributed by atoms with Gasteiger partial charge in [0.2, 0.25) is 5.88 Å². The predicted molar refractivity (Wildman–Crippen MR) is 71.1 cm³/mol. The van der Waals surface area contributed by atoms with Gasteiger partial charge in [0.1, 0.15) is 0 Å². The van der Waals surface area contributed by atoms with Crippen LogP contribution >= 0.6 is 11.6 Å². The van der Waals surface area contributed by atoms with Crippen LogP contribution in [0.3, 0.4) is 0 Å². The van der Waals surface area contributed by atoms with E-state index in [2.05, 4.69) is 9.84 Å². The minimum absolute atomic E-state index is 0.183. The van der Waals surface area contributed by atoms with Crippen LogP contribution in [0.25, 0.3) is 5.69 Å². The van der Waals surface area contributed by atoms with Crippen molar-refractivity contribution in [1.29, 1.82) is 0 Å². The Morgan fingerprint density at radius 2 is 2.05 bits per heavy atom. The van der Waals surface area contributed by atoms with Crippen LogP contribution in [0.2, 0.25) is 5.02 Å².